The minimum absolute atomic E-state index is 0.0842. The van der Waals surface area contributed by atoms with Crippen LogP contribution in [-0.4, -0.2) is 55.1 Å². The van der Waals surface area contributed by atoms with Crippen LogP contribution in [0.4, 0.5) is 0 Å². The van der Waals surface area contributed by atoms with Crippen LogP contribution >= 0.6 is 11.6 Å². The van der Waals surface area contributed by atoms with E-state index in [1.54, 1.807) is 0 Å². The van der Waals surface area contributed by atoms with E-state index in [1.165, 1.54) is 6.33 Å². The van der Waals surface area contributed by atoms with Crippen LogP contribution in [0, 0.1) is 0 Å². The van der Waals surface area contributed by atoms with Crippen molar-refractivity contribution in [1.82, 2.24) is 14.5 Å². The first kappa shape index (κ1) is 27.8. The number of hydrogen-bond donors (Lipinski definition) is 1. The maximum Gasteiger partial charge on any atom is 0.192 e. The molecule has 3 atom stereocenters. The van der Waals surface area contributed by atoms with E-state index in [0.717, 1.165) is 0 Å². The van der Waals surface area contributed by atoms with Gasteiger partial charge in [0.25, 0.3) is 0 Å². The Morgan fingerprint density at radius 1 is 1.09 bits per heavy atom. The lowest BCUT2D eigenvalue weighted by atomic mass is 10.2. The Kier molecular flexibility index (Phi) is 7.82. The molecule has 0 amide bonds. The average Bonchev–Trinajstić information content (AvgIpc) is 3.26. The highest BCUT2D eigenvalue weighted by atomic mass is 35.5. The Morgan fingerprint density at radius 3 is 2.26 bits per heavy atom. The van der Waals surface area contributed by atoms with Gasteiger partial charge in [-0.25, -0.2) is 9.97 Å². The highest BCUT2D eigenvalue weighted by Gasteiger charge is 2.46. The van der Waals surface area contributed by atoms with Gasteiger partial charge >= 0.3 is 0 Å². The van der Waals surface area contributed by atoms with Gasteiger partial charge in [0.2, 0.25) is 0 Å². The van der Waals surface area contributed by atoms with E-state index in [-0.39, 0.29) is 35.1 Å². The largest absolute Gasteiger partial charge is 0.414 e. The van der Waals surface area contributed by atoms with Crippen molar-refractivity contribution in [2.24, 2.45) is 0 Å². The lowest BCUT2D eigenvalue weighted by Crippen LogP contribution is -2.48. The summed E-state index contributed by atoms with van der Waals surface area (Å²) < 4.78 is 22.0. The molecule has 10 heteroatoms. The van der Waals surface area contributed by atoms with E-state index in [4.69, 9.17) is 25.2 Å². The zero-order valence-electron chi connectivity index (χ0n) is 22.4. The fourth-order valence-corrected chi connectivity index (χ4v) is 6.29. The van der Waals surface area contributed by atoms with Crippen LogP contribution < -0.4 is 0 Å². The summed E-state index contributed by atoms with van der Waals surface area (Å²) in [5, 5.41) is 11.1. The molecule has 2 aromatic rings. The number of ether oxygens (including phenoxy) is 1. The SMILES string of the molecule is CC(C)(C)[Si](C)(C)OCC1OC(n2cc(CO)c3c(Cl)ncnc32)CC1O[Si](C)(C)C(C)(C)C. The molecule has 0 aromatic carbocycles. The van der Waals surface area contributed by atoms with Crippen LogP contribution in [0.2, 0.25) is 41.4 Å². The number of aromatic nitrogens is 3. The van der Waals surface area contributed by atoms with E-state index in [9.17, 15) is 5.11 Å². The number of fused-ring (bicyclic) bond motifs is 1. The predicted molar refractivity (Wildman–Crippen MR) is 142 cm³/mol. The highest BCUT2D eigenvalue weighted by molar-refractivity contribution is 6.74. The Balaban J connectivity index is 1.93. The highest BCUT2D eigenvalue weighted by Crippen LogP contribution is 2.43. The summed E-state index contributed by atoms with van der Waals surface area (Å²) in [6.07, 6.45) is 3.41. The quantitative estimate of drug-likeness (QED) is 0.337. The third-order valence-corrected chi connectivity index (χ3v) is 17.3. The van der Waals surface area contributed by atoms with Crippen molar-refractivity contribution in [2.45, 2.75) is 109 Å². The van der Waals surface area contributed by atoms with Crippen LogP contribution in [0.3, 0.4) is 0 Å². The van der Waals surface area contributed by atoms with Crippen molar-refractivity contribution >= 4 is 39.3 Å². The molecule has 0 bridgehead atoms. The van der Waals surface area contributed by atoms with Crippen molar-refractivity contribution in [3.05, 3.63) is 23.2 Å². The third-order valence-electron chi connectivity index (χ3n) is 7.97. The standard InChI is InChI=1S/C24H42ClN3O4Si2/c1-23(2,3)33(7,8)30-14-18-17(32-34(9,10)24(4,5)6)11-19(31-18)28-12-16(13-29)20-21(25)26-15-27-22(20)28/h12,15,17-19,29H,11,13-14H2,1-10H3. The minimum atomic E-state index is -2.04. The summed E-state index contributed by atoms with van der Waals surface area (Å²) in [5.41, 5.74) is 1.35. The Morgan fingerprint density at radius 2 is 1.71 bits per heavy atom. The van der Waals surface area contributed by atoms with E-state index in [0.29, 0.717) is 34.8 Å². The second-order valence-corrected chi connectivity index (χ2v) is 22.4. The second-order valence-electron chi connectivity index (χ2n) is 12.4. The van der Waals surface area contributed by atoms with Crippen molar-refractivity contribution in [3.63, 3.8) is 0 Å². The molecular weight excluding hydrogens is 486 g/mol. The maximum absolute atomic E-state index is 9.91. The maximum atomic E-state index is 9.91. The summed E-state index contributed by atoms with van der Waals surface area (Å²) in [6.45, 7) is 22.9. The zero-order valence-corrected chi connectivity index (χ0v) is 25.2. The molecule has 3 unspecified atom stereocenters. The summed E-state index contributed by atoms with van der Waals surface area (Å²) in [5.74, 6) is 0. The molecule has 34 heavy (non-hydrogen) atoms. The molecule has 0 aliphatic carbocycles. The van der Waals surface area contributed by atoms with Gasteiger partial charge in [0, 0.05) is 18.2 Å². The molecule has 1 fully saturated rings. The van der Waals surface area contributed by atoms with Gasteiger partial charge in [-0.1, -0.05) is 53.1 Å². The predicted octanol–water partition coefficient (Wildman–Crippen LogP) is 6.28. The number of nitrogens with zero attached hydrogens (tertiary/aromatic N) is 3. The van der Waals surface area contributed by atoms with Crippen molar-refractivity contribution in [1.29, 1.82) is 0 Å². The molecule has 0 radical (unpaired) electrons. The van der Waals surface area contributed by atoms with Gasteiger partial charge < -0.3 is 23.3 Å². The molecule has 3 heterocycles. The molecule has 1 aliphatic heterocycles. The lowest BCUT2D eigenvalue weighted by Gasteiger charge is -2.40. The van der Waals surface area contributed by atoms with Gasteiger partial charge in [-0.2, -0.15) is 0 Å². The monoisotopic (exact) mass is 527 g/mol. The molecule has 0 saturated carbocycles. The first-order chi connectivity index (χ1) is 15.5. The molecule has 7 nitrogen and oxygen atoms in total. The molecule has 0 spiro atoms. The fourth-order valence-electron chi connectivity index (χ4n) is 3.67. The van der Waals surface area contributed by atoms with Gasteiger partial charge in [-0.3, -0.25) is 0 Å². The zero-order chi connectivity index (χ0) is 25.7. The van der Waals surface area contributed by atoms with Crippen molar-refractivity contribution in [2.75, 3.05) is 6.61 Å². The summed E-state index contributed by atoms with van der Waals surface area (Å²) >= 11 is 6.35. The van der Waals surface area contributed by atoms with Crippen LogP contribution in [-0.2, 0) is 20.2 Å². The Hall–Kier alpha value is -0.816. The van der Waals surface area contributed by atoms with Crippen molar-refractivity contribution in [3.8, 4) is 0 Å². The second kappa shape index (κ2) is 9.57. The molecule has 1 N–H and O–H groups in total. The van der Waals surface area contributed by atoms with Crippen LogP contribution in [0.1, 0.15) is 59.8 Å². The lowest BCUT2D eigenvalue weighted by molar-refractivity contribution is -0.0382. The van der Waals surface area contributed by atoms with E-state index in [1.807, 2.05) is 10.8 Å². The molecule has 1 saturated heterocycles. The topological polar surface area (TPSA) is 78.6 Å². The van der Waals surface area contributed by atoms with Crippen LogP contribution in [0.5, 0.6) is 0 Å². The normalized spacial score (nSPS) is 22.6. The number of aliphatic hydroxyl groups is 1. The van der Waals surface area contributed by atoms with Crippen LogP contribution in [0.25, 0.3) is 11.0 Å². The number of hydrogen-bond acceptors (Lipinski definition) is 6. The van der Waals surface area contributed by atoms with Gasteiger partial charge in [0.1, 0.15) is 29.5 Å². The van der Waals surface area contributed by atoms with Gasteiger partial charge in [-0.05, 0) is 36.3 Å². The third kappa shape index (κ3) is 5.45. The molecule has 3 rings (SSSR count). The Bertz CT molecular complexity index is 1010. The number of aliphatic hydroxyl groups excluding tert-OH is 1. The van der Waals surface area contributed by atoms with Crippen LogP contribution in [0.15, 0.2) is 12.5 Å². The van der Waals surface area contributed by atoms with E-state index in [2.05, 4.69) is 77.7 Å². The van der Waals surface area contributed by atoms with Gasteiger partial charge in [0.15, 0.2) is 16.6 Å². The summed E-state index contributed by atoms with van der Waals surface area (Å²) in [4.78, 5) is 8.55. The molecule has 192 valence electrons. The van der Waals surface area contributed by atoms with Gasteiger partial charge in [0.05, 0.1) is 24.7 Å². The van der Waals surface area contributed by atoms with E-state index < -0.39 is 16.6 Å². The van der Waals surface area contributed by atoms with Gasteiger partial charge in [-0.15, -0.1) is 0 Å². The number of halogens is 1. The smallest absolute Gasteiger partial charge is 0.192 e. The van der Waals surface area contributed by atoms with Crippen molar-refractivity contribution < 1.29 is 18.7 Å². The first-order valence-corrected chi connectivity index (χ1v) is 18.3. The fraction of sp³-hybridized carbons (Fsp3) is 0.750. The summed E-state index contributed by atoms with van der Waals surface area (Å²) in [6, 6.07) is 0. The minimum Gasteiger partial charge on any atom is -0.414 e. The van der Waals surface area contributed by atoms with E-state index >= 15 is 0 Å². The number of rotatable bonds is 7. The average molecular weight is 528 g/mol. The summed E-state index contributed by atoms with van der Waals surface area (Å²) in [7, 11) is -3.99. The Labute approximate surface area is 211 Å². The first-order valence-electron chi connectivity index (χ1n) is 12.1. The molecule has 2 aromatic heterocycles. The molecular formula is C24H42ClN3O4Si2. The molecule has 1 aliphatic rings.